The lowest BCUT2D eigenvalue weighted by Gasteiger charge is -2.20. The molecule has 1 aliphatic rings. The first-order chi connectivity index (χ1) is 12.3. The van der Waals surface area contributed by atoms with E-state index in [1.165, 1.54) is 51.2 Å². The number of carbonyl (C=O) groups excluding carboxylic acids is 1. The summed E-state index contributed by atoms with van der Waals surface area (Å²) in [6.07, 6.45) is 4.31. The van der Waals surface area contributed by atoms with Crippen LogP contribution >= 0.6 is 11.3 Å². The van der Waals surface area contributed by atoms with Crippen LogP contribution in [0.15, 0.2) is 29.2 Å². The monoisotopic (exact) mass is 393 g/mol. The first-order valence-electron chi connectivity index (χ1n) is 8.67. The zero-order chi connectivity index (χ0) is 18.9. The molecule has 1 aliphatic carbocycles. The molecular formula is C18H23N3O3S2. The third kappa shape index (κ3) is 3.82. The Bertz CT molecular complexity index is 879. The highest BCUT2D eigenvalue weighted by atomic mass is 32.2. The number of amides is 1. The van der Waals surface area contributed by atoms with E-state index in [1.54, 1.807) is 7.05 Å². The van der Waals surface area contributed by atoms with Gasteiger partial charge in [-0.25, -0.2) is 13.4 Å². The number of nitrogens with zero attached hydrogens (tertiary/aromatic N) is 2. The molecule has 0 saturated carbocycles. The van der Waals surface area contributed by atoms with Gasteiger partial charge in [0.15, 0.2) is 5.13 Å². The number of thiazole rings is 1. The van der Waals surface area contributed by atoms with E-state index in [0.717, 1.165) is 25.0 Å². The van der Waals surface area contributed by atoms with Gasteiger partial charge in [-0.15, -0.1) is 11.3 Å². The Labute approximate surface area is 158 Å². The van der Waals surface area contributed by atoms with Gasteiger partial charge in [-0.3, -0.25) is 10.1 Å². The van der Waals surface area contributed by atoms with Crippen LogP contribution in [0, 0.1) is 0 Å². The molecule has 0 atom stereocenters. The number of nitrogens with one attached hydrogen (secondary N) is 1. The highest BCUT2D eigenvalue weighted by Gasteiger charge is 2.23. The predicted octanol–water partition coefficient (Wildman–Crippen LogP) is 3.30. The molecule has 1 amide bonds. The smallest absolute Gasteiger partial charge is 0.257 e. The van der Waals surface area contributed by atoms with Crippen LogP contribution in [0.3, 0.4) is 0 Å². The number of aryl methyl sites for hydroxylation is 2. The topological polar surface area (TPSA) is 79.4 Å². The van der Waals surface area contributed by atoms with Gasteiger partial charge in [0.2, 0.25) is 10.0 Å². The minimum atomic E-state index is -3.55. The summed E-state index contributed by atoms with van der Waals surface area (Å²) in [6, 6.07) is 5.86. The van der Waals surface area contributed by atoms with Crippen molar-refractivity contribution in [3.63, 3.8) is 0 Å². The highest BCUT2D eigenvalue weighted by Crippen LogP contribution is 2.29. The number of anilines is 1. The van der Waals surface area contributed by atoms with Crippen LogP contribution in [0.4, 0.5) is 5.13 Å². The molecule has 8 heteroatoms. The highest BCUT2D eigenvalue weighted by molar-refractivity contribution is 7.89. The van der Waals surface area contributed by atoms with Crippen LogP contribution in [0.5, 0.6) is 0 Å². The Hall–Kier alpha value is -1.77. The molecule has 3 rings (SSSR count). The number of rotatable bonds is 5. The minimum absolute atomic E-state index is 0.140. The van der Waals surface area contributed by atoms with Crippen molar-refractivity contribution >= 4 is 32.4 Å². The van der Waals surface area contributed by atoms with Crippen molar-refractivity contribution in [2.75, 3.05) is 12.4 Å². The van der Waals surface area contributed by atoms with E-state index < -0.39 is 10.0 Å². The predicted molar refractivity (Wildman–Crippen MR) is 103 cm³/mol. The Morgan fingerprint density at radius 1 is 1.19 bits per heavy atom. The summed E-state index contributed by atoms with van der Waals surface area (Å²) in [4.78, 5) is 18.4. The molecule has 1 heterocycles. The summed E-state index contributed by atoms with van der Waals surface area (Å²) in [5.74, 6) is -0.280. The largest absolute Gasteiger partial charge is 0.298 e. The molecule has 1 aromatic heterocycles. The van der Waals surface area contributed by atoms with Crippen LogP contribution in [0.25, 0.3) is 0 Å². The third-order valence-electron chi connectivity index (χ3n) is 4.59. The molecule has 0 radical (unpaired) electrons. The second kappa shape index (κ2) is 7.46. The second-order valence-corrected chi connectivity index (χ2v) is 9.77. The molecule has 1 aromatic carbocycles. The molecule has 140 valence electrons. The zero-order valence-corrected chi connectivity index (χ0v) is 16.8. The summed E-state index contributed by atoms with van der Waals surface area (Å²) in [6.45, 7) is 3.62. The van der Waals surface area contributed by atoms with Gasteiger partial charge in [-0.05, 0) is 63.8 Å². The van der Waals surface area contributed by atoms with E-state index in [9.17, 15) is 13.2 Å². The van der Waals surface area contributed by atoms with Crippen molar-refractivity contribution < 1.29 is 13.2 Å². The maximum Gasteiger partial charge on any atom is 0.257 e. The summed E-state index contributed by atoms with van der Waals surface area (Å²) in [5.41, 5.74) is 1.50. The Balaban J connectivity index is 1.74. The fourth-order valence-corrected chi connectivity index (χ4v) is 5.21. The molecule has 0 fully saturated rings. The average Bonchev–Trinajstić information content (AvgIpc) is 3.03. The number of hydrogen-bond donors (Lipinski definition) is 1. The average molecular weight is 394 g/mol. The zero-order valence-electron chi connectivity index (χ0n) is 15.2. The molecular weight excluding hydrogens is 370 g/mol. The number of carbonyl (C=O) groups is 1. The van der Waals surface area contributed by atoms with E-state index in [2.05, 4.69) is 10.3 Å². The third-order valence-corrected chi connectivity index (χ3v) is 7.71. The lowest BCUT2D eigenvalue weighted by atomic mass is 10.0. The van der Waals surface area contributed by atoms with Gasteiger partial charge in [0.1, 0.15) is 0 Å². The van der Waals surface area contributed by atoms with Crippen LogP contribution in [-0.2, 0) is 22.9 Å². The first kappa shape index (κ1) is 19.0. The SMILES string of the molecule is CC(C)N(C)S(=O)(=O)c1ccc(C(=O)Nc2nc3c(s2)CCCC3)cc1. The van der Waals surface area contributed by atoms with Crippen LogP contribution < -0.4 is 5.32 Å². The number of sulfonamides is 1. The van der Waals surface area contributed by atoms with Crippen molar-refractivity contribution in [2.45, 2.75) is 50.5 Å². The van der Waals surface area contributed by atoms with Crippen molar-refractivity contribution in [1.82, 2.24) is 9.29 Å². The van der Waals surface area contributed by atoms with Gasteiger partial charge in [0, 0.05) is 23.5 Å². The van der Waals surface area contributed by atoms with Crippen molar-refractivity contribution in [2.24, 2.45) is 0 Å². The molecule has 26 heavy (non-hydrogen) atoms. The lowest BCUT2D eigenvalue weighted by Crippen LogP contribution is -2.33. The van der Waals surface area contributed by atoms with E-state index in [0.29, 0.717) is 10.7 Å². The minimum Gasteiger partial charge on any atom is -0.298 e. The van der Waals surface area contributed by atoms with E-state index in [4.69, 9.17) is 0 Å². The van der Waals surface area contributed by atoms with Gasteiger partial charge >= 0.3 is 0 Å². The van der Waals surface area contributed by atoms with Crippen LogP contribution in [0.1, 0.15) is 47.6 Å². The fourth-order valence-electron chi connectivity index (χ4n) is 2.80. The molecule has 0 saturated heterocycles. The molecule has 0 unspecified atom stereocenters. The maximum atomic E-state index is 12.5. The van der Waals surface area contributed by atoms with E-state index in [-0.39, 0.29) is 16.8 Å². The lowest BCUT2D eigenvalue weighted by molar-refractivity contribution is 0.102. The normalized spacial score (nSPS) is 14.5. The number of fused-ring (bicyclic) bond motifs is 1. The Kier molecular flexibility index (Phi) is 5.45. The van der Waals surface area contributed by atoms with E-state index in [1.807, 2.05) is 13.8 Å². The van der Waals surface area contributed by atoms with Gasteiger partial charge < -0.3 is 0 Å². The molecule has 0 spiro atoms. The van der Waals surface area contributed by atoms with Crippen LogP contribution in [0.2, 0.25) is 0 Å². The number of aromatic nitrogens is 1. The molecule has 6 nitrogen and oxygen atoms in total. The van der Waals surface area contributed by atoms with Crippen LogP contribution in [-0.4, -0.2) is 36.7 Å². The second-order valence-electron chi connectivity index (χ2n) is 6.69. The Morgan fingerprint density at radius 3 is 2.46 bits per heavy atom. The fraction of sp³-hybridized carbons (Fsp3) is 0.444. The maximum absolute atomic E-state index is 12.5. The molecule has 0 bridgehead atoms. The quantitative estimate of drug-likeness (QED) is 0.845. The van der Waals surface area contributed by atoms with Gasteiger partial charge in [-0.1, -0.05) is 0 Å². The number of hydrogen-bond acceptors (Lipinski definition) is 5. The van der Waals surface area contributed by atoms with Gasteiger partial charge in [-0.2, -0.15) is 4.31 Å². The van der Waals surface area contributed by atoms with E-state index >= 15 is 0 Å². The van der Waals surface area contributed by atoms with Crippen molar-refractivity contribution in [1.29, 1.82) is 0 Å². The summed E-state index contributed by atoms with van der Waals surface area (Å²) in [5, 5.41) is 3.43. The summed E-state index contributed by atoms with van der Waals surface area (Å²) >= 11 is 1.53. The standard InChI is InChI=1S/C18H23N3O3S2/c1-12(2)21(3)26(23,24)14-10-8-13(9-11-14)17(22)20-18-19-15-6-4-5-7-16(15)25-18/h8-12H,4-7H2,1-3H3,(H,19,20,22). The first-order valence-corrected chi connectivity index (χ1v) is 10.9. The van der Waals surface area contributed by atoms with Gasteiger partial charge in [0.05, 0.1) is 10.6 Å². The molecule has 2 aromatic rings. The summed E-state index contributed by atoms with van der Waals surface area (Å²) in [7, 11) is -2.00. The van der Waals surface area contributed by atoms with Gasteiger partial charge in [0.25, 0.3) is 5.91 Å². The summed E-state index contributed by atoms with van der Waals surface area (Å²) < 4.78 is 26.3. The van der Waals surface area contributed by atoms with Crippen molar-refractivity contribution in [3.8, 4) is 0 Å². The van der Waals surface area contributed by atoms with Crippen molar-refractivity contribution in [3.05, 3.63) is 40.4 Å². The Morgan fingerprint density at radius 2 is 1.85 bits per heavy atom. The molecule has 1 N–H and O–H groups in total. The number of benzene rings is 1. The molecule has 0 aliphatic heterocycles.